The van der Waals surface area contributed by atoms with Crippen molar-refractivity contribution in [1.29, 1.82) is 0 Å². The molecule has 1 aromatic rings. The van der Waals surface area contributed by atoms with E-state index in [1.165, 1.54) is 0 Å². The number of thiocarbonyl (C=S) groups is 1. The zero-order chi connectivity index (χ0) is 6.95. The monoisotopic (exact) mass is 226 g/mol. The summed E-state index contributed by atoms with van der Waals surface area (Å²) in [5, 5.41) is 0. The summed E-state index contributed by atoms with van der Waals surface area (Å²) in [5.41, 5.74) is 6.25. The predicted molar refractivity (Wildman–Crippen MR) is 42.1 cm³/mol. The van der Waals surface area contributed by atoms with Gasteiger partial charge < -0.3 is 23.4 Å². The van der Waals surface area contributed by atoms with E-state index >= 15 is 0 Å². The zero-order valence-electron chi connectivity index (χ0n) is 5.45. The van der Waals surface area contributed by atoms with Gasteiger partial charge in [0.05, 0.1) is 0 Å². The van der Waals surface area contributed by atoms with Crippen LogP contribution in [0.4, 0.5) is 0 Å². The minimum absolute atomic E-state index is 0. The molecule has 0 unspecified atom stereocenters. The van der Waals surface area contributed by atoms with Gasteiger partial charge in [-0.25, -0.2) is 0 Å². The first kappa shape index (κ1) is 12.9. The topological polar surface area (TPSA) is 26.0 Å². The van der Waals surface area contributed by atoms with Crippen LogP contribution in [0.15, 0.2) is 30.3 Å². The second-order valence-electron chi connectivity index (χ2n) is 1.20. The molecule has 0 saturated carbocycles. The van der Waals surface area contributed by atoms with Gasteiger partial charge >= 0.3 is 0 Å². The molecule has 1 rings (SSSR count). The molecule has 0 aliphatic heterocycles. The van der Waals surface area contributed by atoms with Crippen molar-refractivity contribution in [3.63, 3.8) is 0 Å². The molecular formula is C7H7NSY-2. The summed E-state index contributed by atoms with van der Waals surface area (Å²) in [6.45, 7) is 0. The van der Waals surface area contributed by atoms with Crippen molar-refractivity contribution in [2.75, 3.05) is 0 Å². The quantitative estimate of drug-likeness (QED) is 0.409. The van der Waals surface area contributed by atoms with Crippen LogP contribution >= 0.6 is 12.2 Å². The Bertz CT molecular complexity index is 117. The van der Waals surface area contributed by atoms with Gasteiger partial charge in [-0.2, -0.15) is 36.4 Å². The van der Waals surface area contributed by atoms with E-state index in [0.29, 0.717) is 0 Å². The van der Waals surface area contributed by atoms with Crippen LogP contribution in [0.3, 0.4) is 0 Å². The van der Waals surface area contributed by atoms with E-state index in [2.05, 4.69) is 24.0 Å². The van der Waals surface area contributed by atoms with Crippen molar-refractivity contribution in [2.45, 2.75) is 0 Å². The number of hydrogen-bond acceptors (Lipinski definition) is 1. The molecule has 0 heterocycles. The third-order valence-electron chi connectivity index (χ3n) is 0.607. The first-order chi connectivity index (χ1) is 4.41. The Morgan fingerprint density at radius 2 is 1.60 bits per heavy atom. The predicted octanol–water partition coefficient (Wildman–Crippen LogP) is 1.26. The molecule has 10 heavy (non-hydrogen) atoms. The fourth-order valence-corrected chi connectivity index (χ4v) is 0.342. The van der Waals surface area contributed by atoms with Crippen LogP contribution in [-0.4, -0.2) is 5.49 Å². The van der Waals surface area contributed by atoms with Gasteiger partial charge in [-0.3, -0.25) is 0 Å². The standard InChI is InChI=1S/C6H5.CH2NS.Y/c1-2-4-6-5-3-1;2-1-3;/h1-5H;(H2,2,3);/q2*-1;. The Hall–Kier alpha value is 0.214. The Morgan fingerprint density at radius 1 is 1.20 bits per heavy atom. The minimum atomic E-state index is 0. The van der Waals surface area contributed by atoms with Gasteiger partial charge in [-0.1, -0.05) is 0 Å². The fraction of sp³-hybridized carbons (Fsp3) is 0. The van der Waals surface area contributed by atoms with E-state index in [9.17, 15) is 0 Å². The van der Waals surface area contributed by atoms with E-state index in [0.717, 1.165) is 0 Å². The van der Waals surface area contributed by atoms with Crippen LogP contribution < -0.4 is 5.73 Å². The molecule has 0 bridgehead atoms. The second-order valence-corrected chi connectivity index (χ2v) is 1.43. The summed E-state index contributed by atoms with van der Waals surface area (Å²) in [6, 6.07) is 12.5. The molecule has 0 spiro atoms. The Morgan fingerprint density at radius 3 is 1.70 bits per heavy atom. The normalized spacial score (nSPS) is 6.00. The molecule has 0 fully saturated rings. The summed E-state index contributed by atoms with van der Waals surface area (Å²) in [4.78, 5) is 0. The van der Waals surface area contributed by atoms with Crippen molar-refractivity contribution in [2.24, 2.45) is 5.73 Å². The third-order valence-corrected chi connectivity index (χ3v) is 0.607. The Balaban J connectivity index is 0. The van der Waals surface area contributed by atoms with Crippen molar-refractivity contribution in [3.05, 3.63) is 36.4 Å². The van der Waals surface area contributed by atoms with Crippen LogP contribution in [-0.2, 0) is 32.7 Å². The Labute approximate surface area is 91.9 Å². The van der Waals surface area contributed by atoms with Crippen molar-refractivity contribution in [1.82, 2.24) is 0 Å². The first-order valence-electron chi connectivity index (χ1n) is 2.40. The molecule has 51 valence electrons. The molecule has 1 aromatic carbocycles. The summed E-state index contributed by atoms with van der Waals surface area (Å²) in [5.74, 6) is 0. The molecule has 0 aliphatic carbocycles. The average Bonchev–Trinajstić information content (AvgIpc) is 1.93. The van der Waals surface area contributed by atoms with Crippen LogP contribution in [0.2, 0.25) is 0 Å². The maximum absolute atomic E-state index is 4.41. The van der Waals surface area contributed by atoms with Gasteiger partial charge in [0.1, 0.15) is 0 Å². The van der Waals surface area contributed by atoms with E-state index < -0.39 is 0 Å². The summed E-state index contributed by atoms with van der Waals surface area (Å²) >= 11 is 3.92. The van der Waals surface area contributed by atoms with Gasteiger partial charge in [-0.15, -0.1) is 0 Å². The molecule has 1 radical (unpaired) electrons. The SMILES string of the molecule is N[C-]=S.[Y].[c-]1ccccc1. The summed E-state index contributed by atoms with van der Waals surface area (Å²) in [6.07, 6.45) is 0. The van der Waals surface area contributed by atoms with Gasteiger partial charge in [0.25, 0.3) is 0 Å². The molecule has 0 aliphatic rings. The van der Waals surface area contributed by atoms with Crippen molar-refractivity contribution < 1.29 is 32.7 Å². The average molecular weight is 226 g/mol. The maximum atomic E-state index is 4.41. The van der Waals surface area contributed by atoms with Crippen molar-refractivity contribution in [3.8, 4) is 0 Å². The maximum Gasteiger partial charge on any atom is 0 e. The van der Waals surface area contributed by atoms with Gasteiger partial charge in [-0.05, 0) is 0 Å². The fourth-order valence-electron chi connectivity index (χ4n) is 0.342. The molecule has 0 saturated heterocycles. The van der Waals surface area contributed by atoms with E-state index in [1.807, 2.05) is 35.8 Å². The first-order valence-corrected chi connectivity index (χ1v) is 2.81. The van der Waals surface area contributed by atoms with E-state index in [-0.39, 0.29) is 32.7 Å². The molecule has 0 atom stereocenters. The number of hydrogen-bond donors (Lipinski definition) is 1. The molecule has 2 N–H and O–H groups in total. The summed E-state index contributed by atoms with van der Waals surface area (Å²) in [7, 11) is 0. The number of rotatable bonds is 0. The van der Waals surface area contributed by atoms with Gasteiger partial charge in [0.2, 0.25) is 0 Å². The smallest absolute Gasteiger partial charge is 0 e. The Kier molecular flexibility index (Phi) is 15.4. The number of benzene rings is 1. The van der Waals surface area contributed by atoms with Crippen LogP contribution in [0.1, 0.15) is 0 Å². The van der Waals surface area contributed by atoms with Gasteiger partial charge in [0, 0.05) is 32.7 Å². The van der Waals surface area contributed by atoms with E-state index in [1.54, 1.807) is 0 Å². The second kappa shape index (κ2) is 11.9. The molecular weight excluding hydrogens is 219 g/mol. The molecule has 0 aromatic heterocycles. The van der Waals surface area contributed by atoms with Crippen LogP contribution in [0, 0.1) is 6.07 Å². The van der Waals surface area contributed by atoms with E-state index in [4.69, 9.17) is 0 Å². The van der Waals surface area contributed by atoms with Crippen LogP contribution in [0.25, 0.3) is 0 Å². The van der Waals surface area contributed by atoms with Crippen LogP contribution in [0.5, 0.6) is 0 Å². The largest absolute Gasteiger partial charge is 0.570 e. The molecule has 0 amide bonds. The zero-order valence-corrected chi connectivity index (χ0v) is 9.10. The third kappa shape index (κ3) is 11.1. The number of nitrogens with two attached hydrogens (primary N) is 1. The summed E-state index contributed by atoms with van der Waals surface area (Å²) < 4.78 is 0. The minimum Gasteiger partial charge on any atom is -0.570 e. The van der Waals surface area contributed by atoms with Crippen molar-refractivity contribution >= 4 is 17.7 Å². The molecule has 1 nitrogen and oxygen atoms in total. The van der Waals surface area contributed by atoms with Gasteiger partial charge in [0.15, 0.2) is 0 Å². The molecule has 3 heteroatoms.